The number of rotatable bonds is 18. The van der Waals surface area contributed by atoms with Crippen molar-refractivity contribution in [1.82, 2.24) is 21.0 Å². The Morgan fingerprint density at radius 3 is 2.24 bits per heavy atom. The number of benzene rings is 2. The molecule has 2 heterocycles. The molecular weight excluding hydrogens is 786 g/mol. The number of thioether (sulfide) groups is 1. The van der Waals surface area contributed by atoms with Crippen LogP contribution in [-0.4, -0.2) is 122 Å². The van der Waals surface area contributed by atoms with E-state index in [1.807, 2.05) is 75.2 Å². The van der Waals surface area contributed by atoms with E-state index in [2.05, 4.69) is 22.9 Å². The van der Waals surface area contributed by atoms with Crippen molar-refractivity contribution in [2.24, 2.45) is 17.8 Å². The standard InChI is InChI=1S/C24H33N3O4.C18H33ClN2O5S/c1-4-5-8-19(15-22(28)27-31)23(29)26-21(13-16(2)3)24(30)25-20-12-11-17-9-6-7-10-18(17)14-20;1-5-6-10-7-11(21(3)8-10)17(25)20-12(9(2)19)16-14(23)13(22)15(24)18(26-16)27-4/h6-7,9-12,14,16,19,21,31H,4-5,8,13,15H2,1-3H3,(H,25,30)(H,26,29)(H,27,28);9-16,18,22-24H,5-8H2,1-4H3,(H,20,25)/t19-,21+;9-,10+,11-,12+,13-,14+,15+,16+,18+/m10/s1. The third kappa shape index (κ3) is 14.3. The van der Waals surface area contributed by atoms with Crippen molar-refractivity contribution < 1.29 is 44.4 Å². The molecule has 326 valence electrons. The van der Waals surface area contributed by atoms with Crippen molar-refractivity contribution >= 4 is 63.5 Å². The minimum atomic E-state index is -1.36. The second-order valence-corrected chi connectivity index (χ2v) is 17.7. The van der Waals surface area contributed by atoms with Crippen molar-refractivity contribution in [3.05, 3.63) is 42.5 Å². The molecule has 0 aliphatic carbocycles. The maximum absolute atomic E-state index is 13.0. The van der Waals surface area contributed by atoms with E-state index in [1.54, 1.807) is 18.7 Å². The van der Waals surface area contributed by atoms with E-state index in [0.717, 1.165) is 49.4 Å². The molecule has 0 saturated carbocycles. The van der Waals surface area contributed by atoms with Crippen LogP contribution in [-0.2, 0) is 23.9 Å². The number of likely N-dealkylation sites (N-methyl/N-ethyl adjacent to an activating group) is 1. The number of carbonyl (C=O) groups excluding carboxylic acids is 4. The molecule has 16 heteroatoms. The third-order valence-corrected chi connectivity index (χ3v) is 11.9. The van der Waals surface area contributed by atoms with E-state index in [4.69, 9.17) is 21.5 Å². The van der Waals surface area contributed by atoms with Crippen LogP contribution in [0.2, 0.25) is 0 Å². The van der Waals surface area contributed by atoms with Gasteiger partial charge < -0.3 is 36.0 Å². The Morgan fingerprint density at radius 2 is 1.64 bits per heavy atom. The van der Waals surface area contributed by atoms with Crippen molar-refractivity contribution in [3.63, 3.8) is 0 Å². The van der Waals surface area contributed by atoms with Gasteiger partial charge in [0.15, 0.2) is 0 Å². The monoisotopic (exact) mass is 851 g/mol. The van der Waals surface area contributed by atoms with E-state index in [1.165, 1.54) is 11.8 Å². The number of hydrogen-bond acceptors (Lipinski definition) is 11. The molecule has 2 aliphatic heterocycles. The maximum Gasteiger partial charge on any atom is 0.246 e. The number of hydrogen-bond donors (Lipinski definition) is 8. The van der Waals surface area contributed by atoms with Crippen LogP contribution in [0.1, 0.15) is 86.0 Å². The highest BCUT2D eigenvalue weighted by molar-refractivity contribution is 7.99. The summed E-state index contributed by atoms with van der Waals surface area (Å²) in [5, 5.41) is 49.7. The topological polar surface area (TPSA) is 210 Å². The maximum atomic E-state index is 13.0. The number of likely N-dealkylation sites (tertiary alicyclic amines) is 1. The summed E-state index contributed by atoms with van der Waals surface area (Å²) in [6.45, 7) is 10.7. The van der Waals surface area contributed by atoms with E-state index >= 15 is 0 Å². The van der Waals surface area contributed by atoms with Gasteiger partial charge in [-0.1, -0.05) is 77.3 Å². The molecule has 8 N–H and O–H groups in total. The molecule has 11 atom stereocenters. The lowest BCUT2D eigenvalue weighted by atomic mass is 9.92. The molecule has 0 spiro atoms. The van der Waals surface area contributed by atoms with E-state index in [9.17, 15) is 34.5 Å². The summed E-state index contributed by atoms with van der Waals surface area (Å²) < 4.78 is 5.79. The van der Waals surface area contributed by atoms with Crippen LogP contribution in [0.5, 0.6) is 0 Å². The number of alkyl halides is 1. The van der Waals surface area contributed by atoms with Crippen LogP contribution in [0.15, 0.2) is 42.5 Å². The van der Waals surface area contributed by atoms with Gasteiger partial charge in [0, 0.05) is 24.6 Å². The summed E-state index contributed by atoms with van der Waals surface area (Å²) in [6, 6.07) is 11.9. The molecule has 2 aromatic carbocycles. The SMILES string of the molecule is CCCC[C@H](CC(=O)NO)C(=O)N[C@@H](CC(C)C)C(=O)Nc1ccc2ccccc2c1.CCC[C@@H]1C[C@@H](C(=O)N[C@@H]([C@H]2O[C@H](SC)[C@H](O)[C@@H](O)[C@H]2O)[C@H](C)Cl)N(C)C1. The van der Waals surface area contributed by atoms with Gasteiger partial charge in [0.05, 0.1) is 17.5 Å². The molecule has 2 fully saturated rings. The predicted molar refractivity (Wildman–Crippen MR) is 228 cm³/mol. The van der Waals surface area contributed by atoms with Crippen LogP contribution >= 0.6 is 23.4 Å². The smallest absolute Gasteiger partial charge is 0.246 e. The van der Waals surface area contributed by atoms with Gasteiger partial charge in [0.25, 0.3) is 0 Å². The van der Waals surface area contributed by atoms with Gasteiger partial charge in [0.2, 0.25) is 23.6 Å². The van der Waals surface area contributed by atoms with E-state index in [0.29, 0.717) is 24.4 Å². The number of halogens is 1. The minimum absolute atomic E-state index is 0.122. The Kier molecular flexibility index (Phi) is 20.7. The summed E-state index contributed by atoms with van der Waals surface area (Å²) in [4.78, 5) is 52.4. The van der Waals surface area contributed by atoms with Crippen LogP contribution in [0.25, 0.3) is 10.8 Å². The molecule has 2 saturated heterocycles. The van der Waals surface area contributed by atoms with Gasteiger partial charge in [-0.3, -0.25) is 29.3 Å². The predicted octanol–water partition coefficient (Wildman–Crippen LogP) is 4.40. The average molecular weight is 853 g/mol. The van der Waals surface area contributed by atoms with Crippen molar-refractivity contribution in [2.75, 3.05) is 25.2 Å². The molecular formula is C42H66ClN5O9S. The molecule has 0 bridgehead atoms. The van der Waals surface area contributed by atoms with Crippen molar-refractivity contribution in [1.29, 1.82) is 0 Å². The Labute approximate surface area is 352 Å². The lowest BCUT2D eigenvalue weighted by Gasteiger charge is -2.44. The molecule has 4 rings (SSSR count). The minimum Gasteiger partial charge on any atom is -0.388 e. The first-order chi connectivity index (χ1) is 27.5. The largest absolute Gasteiger partial charge is 0.388 e. The summed E-state index contributed by atoms with van der Waals surface area (Å²) in [6.07, 6.45) is 2.41. The number of aliphatic hydroxyl groups excluding tert-OH is 3. The molecule has 2 aliphatic rings. The average Bonchev–Trinajstić information content (AvgIpc) is 3.57. The number of nitrogens with one attached hydrogen (secondary N) is 4. The highest BCUT2D eigenvalue weighted by Crippen LogP contribution is 2.31. The Morgan fingerprint density at radius 1 is 0.948 bits per heavy atom. The quantitative estimate of drug-likeness (QED) is 0.0599. The number of fused-ring (bicyclic) bond motifs is 1. The molecule has 58 heavy (non-hydrogen) atoms. The molecule has 2 aromatic rings. The zero-order valence-electron chi connectivity index (χ0n) is 34.9. The second kappa shape index (κ2) is 24.3. The summed E-state index contributed by atoms with van der Waals surface area (Å²) >= 11 is 7.55. The molecule has 0 unspecified atom stereocenters. The van der Waals surface area contributed by atoms with Crippen LogP contribution in [0.3, 0.4) is 0 Å². The second-order valence-electron chi connectivity index (χ2n) is 16.1. The Bertz CT molecular complexity index is 1620. The van der Waals surface area contributed by atoms with Gasteiger partial charge in [-0.15, -0.1) is 23.4 Å². The zero-order chi connectivity index (χ0) is 43.1. The fourth-order valence-electron chi connectivity index (χ4n) is 7.65. The molecule has 4 amide bonds. The first-order valence-electron chi connectivity index (χ1n) is 20.4. The summed E-state index contributed by atoms with van der Waals surface area (Å²) in [7, 11) is 1.94. The third-order valence-electron chi connectivity index (χ3n) is 10.8. The molecule has 14 nitrogen and oxygen atoms in total. The van der Waals surface area contributed by atoms with Crippen LogP contribution in [0.4, 0.5) is 5.69 Å². The fraction of sp³-hybridized carbons (Fsp3) is 0.667. The van der Waals surface area contributed by atoms with Gasteiger partial charge in [-0.2, -0.15) is 0 Å². The number of unbranched alkanes of at least 4 members (excludes halogenated alkanes) is 1. The Balaban J connectivity index is 0.000000313. The first kappa shape index (κ1) is 49.3. The van der Waals surface area contributed by atoms with E-state index < -0.39 is 59.1 Å². The lowest BCUT2D eigenvalue weighted by molar-refractivity contribution is -0.205. The zero-order valence-corrected chi connectivity index (χ0v) is 36.5. The highest BCUT2D eigenvalue weighted by Gasteiger charge is 2.48. The van der Waals surface area contributed by atoms with Crippen LogP contribution in [0, 0.1) is 17.8 Å². The van der Waals surface area contributed by atoms with Gasteiger partial charge in [-0.05, 0) is 80.7 Å². The fourth-order valence-corrected chi connectivity index (χ4v) is 8.53. The number of amides is 4. The highest BCUT2D eigenvalue weighted by atomic mass is 35.5. The number of aliphatic hydroxyl groups is 3. The van der Waals surface area contributed by atoms with Gasteiger partial charge in [0.1, 0.15) is 35.9 Å². The van der Waals surface area contributed by atoms with Gasteiger partial charge in [-0.25, -0.2) is 5.48 Å². The number of nitrogens with zero attached hydrogens (tertiary/aromatic N) is 1. The summed E-state index contributed by atoms with van der Waals surface area (Å²) in [5.74, 6) is -1.33. The van der Waals surface area contributed by atoms with E-state index in [-0.39, 0.29) is 36.1 Å². The first-order valence-corrected chi connectivity index (χ1v) is 22.2. The number of anilines is 1. The summed E-state index contributed by atoms with van der Waals surface area (Å²) in [5.41, 5.74) is 1.54. The molecule has 0 radical (unpaired) electrons. The van der Waals surface area contributed by atoms with Crippen LogP contribution < -0.4 is 21.4 Å². The Hall–Kier alpha value is -3.02. The lowest BCUT2D eigenvalue weighted by Crippen LogP contribution is -2.65. The normalized spacial score (nSPS) is 25.5. The molecule has 0 aromatic heterocycles. The van der Waals surface area contributed by atoms with Crippen molar-refractivity contribution in [2.45, 2.75) is 139 Å². The number of ether oxygens (including phenoxy) is 1. The number of carbonyl (C=O) groups is 4. The van der Waals surface area contributed by atoms with Gasteiger partial charge >= 0.3 is 0 Å². The number of hydroxylamine groups is 1. The van der Waals surface area contributed by atoms with Crippen molar-refractivity contribution in [3.8, 4) is 0 Å².